The molecule has 2 aliphatic carbocycles. The van der Waals surface area contributed by atoms with Crippen LogP contribution in [0.15, 0.2) is 18.5 Å². The molecule has 1 aromatic heterocycles. The lowest BCUT2D eigenvalue weighted by molar-refractivity contribution is -0.133. The summed E-state index contributed by atoms with van der Waals surface area (Å²) in [6, 6.07) is 2.31. The molecule has 1 atom stereocenters. The second-order valence-corrected chi connectivity index (χ2v) is 7.15. The zero-order chi connectivity index (χ0) is 14.2. The number of hydrogen-bond donors (Lipinski definition) is 0. The fourth-order valence-corrected chi connectivity index (χ4v) is 4.06. The smallest absolute Gasteiger partial charge is 0.223 e. The molecular formula is C17H25N3O. The van der Waals surface area contributed by atoms with E-state index >= 15 is 0 Å². The summed E-state index contributed by atoms with van der Waals surface area (Å²) in [6.45, 7) is 1.81. The molecule has 1 amide bonds. The van der Waals surface area contributed by atoms with Crippen LogP contribution < -0.4 is 0 Å². The Bertz CT molecular complexity index is 478. The number of likely N-dealkylation sites (tertiary alicyclic amines) is 1. The Labute approximate surface area is 126 Å². The molecule has 0 unspecified atom stereocenters. The van der Waals surface area contributed by atoms with Gasteiger partial charge in [0, 0.05) is 25.4 Å². The Balaban J connectivity index is 1.38. The van der Waals surface area contributed by atoms with Gasteiger partial charge in [-0.25, -0.2) is 0 Å². The lowest BCUT2D eigenvalue weighted by atomic mass is 9.93. The van der Waals surface area contributed by atoms with E-state index in [1.807, 2.05) is 23.1 Å². The summed E-state index contributed by atoms with van der Waals surface area (Å²) < 4.78 is 1.97. The molecule has 2 saturated carbocycles. The van der Waals surface area contributed by atoms with Gasteiger partial charge in [-0.05, 0) is 62.3 Å². The van der Waals surface area contributed by atoms with Crippen molar-refractivity contribution in [3.8, 4) is 0 Å². The molecule has 1 aliphatic heterocycles. The summed E-state index contributed by atoms with van der Waals surface area (Å²) in [5.41, 5.74) is 0. The molecule has 0 radical (unpaired) electrons. The monoisotopic (exact) mass is 287 g/mol. The minimum atomic E-state index is 0.358. The molecule has 2 heterocycles. The molecule has 1 aromatic rings. The maximum absolute atomic E-state index is 12.8. The van der Waals surface area contributed by atoms with Gasteiger partial charge in [-0.1, -0.05) is 0 Å². The van der Waals surface area contributed by atoms with Crippen molar-refractivity contribution in [1.29, 1.82) is 0 Å². The van der Waals surface area contributed by atoms with Gasteiger partial charge in [0.05, 0.1) is 12.6 Å². The van der Waals surface area contributed by atoms with Crippen LogP contribution >= 0.6 is 0 Å². The van der Waals surface area contributed by atoms with Gasteiger partial charge in [0.25, 0.3) is 0 Å². The third-order valence-electron chi connectivity index (χ3n) is 5.52. The molecule has 0 bridgehead atoms. The van der Waals surface area contributed by atoms with Gasteiger partial charge in [-0.2, -0.15) is 5.10 Å². The molecule has 21 heavy (non-hydrogen) atoms. The molecule has 4 rings (SSSR count). The Morgan fingerprint density at radius 1 is 1.19 bits per heavy atom. The van der Waals surface area contributed by atoms with Crippen LogP contribution in [0.4, 0.5) is 0 Å². The highest BCUT2D eigenvalue weighted by atomic mass is 16.2. The topological polar surface area (TPSA) is 38.1 Å². The number of aromatic nitrogens is 2. The number of hydrogen-bond acceptors (Lipinski definition) is 2. The molecule has 0 spiro atoms. The van der Waals surface area contributed by atoms with E-state index in [2.05, 4.69) is 10.00 Å². The highest BCUT2D eigenvalue weighted by Crippen LogP contribution is 2.51. The van der Waals surface area contributed by atoms with Gasteiger partial charge in [0.15, 0.2) is 0 Å². The van der Waals surface area contributed by atoms with Crippen molar-refractivity contribution < 1.29 is 4.79 Å². The summed E-state index contributed by atoms with van der Waals surface area (Å²) in [4.78, 5) is 14.9. The van der Waals surface area contributed by atoms with Crippen LogP contribution in [0.1, 0.15) is 44.9 Å². The predicted molar refractivity (Wildman–Crippen MR) is 80.5 cm³/mol. The Morgan fingerprint density at radius 3 is 2.57 bits per heavy atom. The van der Waals surface area contributed by atoms with Gasteiger partial charge in [-0.15, -0.1) is 0 Å². The molecule has 3 aliphatic rings. The minimum absolute atomic E-state index is 0.358. The summed E-state index contributed by atoms with van der Waals surface area (Å²) in [5.74, 6) is 2.85. The van der Waals surface area contributed by atoms with Gasteiger partial charge in [0.2, 0.25) is 5.91 Å². The van der Waals surface area contributed by atoms with Gasteiger partial charge in [-0.3, -0.25) is 9.48 Å². The van der Waals surface area contributed by atoms with Crippen LogP contribution in [0.25, 0.3) is 0 Å². The number of rotatable bonds is 6. The number of carbonyl (C=O) groups excluding carboxylic acids is 1. The van der Waals surface area contributed by atoms with E-state index in [1.165, 1.54) is 25.7 Å². The van der Waals surface area contributed by atoms with Crippen molar-refractivity contribution in [1.82, 2.24) is 14.7 Å². The van der Waals surface area contributed by atoms with E-state index in [1.54, 1.807) is 0 Å². The Hall–Kier alpha value is -1.32. The number of nitrogens with zero attached hydrogens (tertiary/aromatic N) is 3. The van der Waals surface area contributed by atoms with Crippen LogP contribution in [-0.4, -0.2) is 33.2 Å². The third kappa shape index (κ3) is 2.99. The highest BCUT2D eigenvalue weighted by molar-refractivity contribution is 5.77. The molecule has 3 fully saturated rings. The van der Waals surface area contributed by atoms with E-state index < -0.39 is 0 Å². The molecule has 0 aromatic carbocycles. The van der Waals surface area contributed by atoms with Crippen LogP contribution in [0.3, 0.4) is 0 Å². The van der Waals surface area contributed by atoms with Gasteiger partial charge >= 0.3 is 0 Å². The first kappa shape index (κ1) is 13.4. The van der Waals surface area contributed by atoms with Crippen molar-refractivity contribution >= 4 is 5.91 Å². The zero-order valence-electron chi connectivity index (χ0n) is 12.7. The fraction of sp³-hybridized carbons (Fsp3) is 0.765. The molecule has 0 N–H and O–H groups in total. The number of carbonyl (C=O) groups is 1. The SMILES string of the molecule is O=C(CC(C1CC1)C1CC1)N1CCC[C@@H]1Cn1cccn1. The van der Waals surface area contributed by atoms with Crippen LogP contribution in [0.5, 0.6) is 0 Å². The zero-order valence-corrected chi connectivity index (χ0v) is 12.7. The second kappa shape index (κ2) is 5.47. The highest BCUT2D eigenvalue weighted by Gasteiger charge is 2.43. The maximum Gasteiger partial charge on any atom is 0.223 e. The molecule has 114 valence electrons. The first-order valence-corrected chi connectivity index (χ1v) is 8.58. The maximum atomic E-state index is 12.8. The summed E-state index contributed by atoms with van der Waals surface area (Å²) in [6.07, 6.45) is 12.4. The standard InChI is InChI=1S/C17H25N3O/c21-17(11-16(13-4-5-13)14-6-7-14)20-10-1-3-15(20)12-19-9-2-8-18-19/h2,8-9,13-16H,1,3-7,10-12H2/t15-/m1/s1. The molecule has 1 saturated heterocycles. The first-order valence-electron chi connectivity index (χ1n) is 8.58. The van der Waals surface area contributed by atoms with Gasteiger partial charge < -0.3 is 4.90 Å². The van der Waals surface area contributed by atoms with Crippen LogP contribution in [-0.2, 0) is 11.3 Å². The van der Waals surface area contributed by atoms with E-state index in [9.17, 15) is 4.79 Å². The average Bonchev–Trinajstić information content (AvgIpc) is 3.40. The molecule has 4 nitrogen and oxygen atoms in total. The van der Waals surface area contributed by atoms with E-state index in [4.69, 9.17) is 0 Å². The minimum Gasteiger partial charge on any atom is -0.338 e. The van der Waals surface area contributed by atoms with E-state index in [0.29, 0.717) is 17.9 Å². The molecule has 4 heteroatoms. The van der Waals surface area contributed by atoms with Gasteiger partial charge in [0.1, 0.15) is 0 Å². The number of amides is 1. The largest absolute Gasteiger partial charge is 0.338 e. The van der Waals surface area contributed by atoms with Crippen LogP contribution in [0.2, 0.25) is 0 Å². The summed E-state index contributed by atoms with van der Waals surface area (Å²) in [7, 11) is 0. The van der Waals surface area contributed by atoms with Crippen molar-refractivity contribution in [3.05, 3.63) is 18.5 Å². The van der Waals surface area contributed by atoms with E-state index in [-0.39, 0.29) is 0 Å². The summed E-state index contributed by atoms with van der Waals surface area (Å²) >= 11 is 0. The first-order chi connectivity index (χ1) is 10.3. The van der Waals surface area contributed by atoms with Crippen molar-refractivity contribution in [2.45, 2.75) is 57.5 Å². The lowest BCUT2D eigenvalue weighted by Gasteiger charge is -2.27. The van der Waals surface area contributed by atoms with Crippen molar-refractivity contribution in [2.24, 2.45) is 17.8 Å². The normalized spacial score (nSPS) is 25.8. The average molecular weight is 287 g/mol. The Kier molecular flexibility index (Phi) is 3.48. The fourth-order valence-electron chi connectivity index (χ4n) is 4.06. The summed E-state index contributed by atoms with van der Waals surface area (Å²) in [5, 5.41) is 4.29. The second-order valence-electron chi connectivity index (χ2n) is 7.15. The third-order valence-corrected chi connectivity index (χ3v) is 5.52. The molecular weight excluding hydrogens is 262 g/mol. The van der Waals surface area contributed by atoms with Crippen molar-refractivity contribution in [2.75, 3.05) is 6.54 Å². The lowest BCUT2D eigenvalue weighted by Crippen LogP contribution is -2.39. The Morgan fingerprint density at radius 2 is 1.95 bits per heavy atom. The van der Waals surface area contributed by atoms with Crippen LogP contribution in [0, 0.1) is 17.8 Å². The quantitative estimate of drug-likeness (QED) is 0.807. The van der Waals surface area contributed by atoms with Crippen molar-refractivity contribution in [3.63, 3.8) is 0 Å². The van der Waals surface area contributed by atoms with E-state index in [0.717, 1.165) is 44.2 Å². The predicted octanol–water partition coefficient (Wildman–Crippen LogP) is 2.70.